The van der Waals surface area contributed by atoms with Crippen LogP contribution < -0.4 is 0 Å². The molecule has 2 nitrogen and oxygen atoms in total. The molecular weight excluding hydrogens is 265 g/mol. The van der Waals surface area contributed by atoms with Gasteiger partial charge in [0.1, 0.15) is 5.82 Å². The third-order valence-electron chi connectivity index (χ3n) is 4.53. The topological polar surface area (TPSA) is 20.3 Å². The number of carbonyl (C=O) groups excluding carboxylic acids is 1. The van der Waals surface area contributed by atoms with E-state index in [4.69, 9.17) is 0 Å². The minimum Gasteiger partial charge on any atom is -0.333 e. The Morgan fingerprint density at radius 1 is 1.05 bits per heavy atom. The highest BCUT2D eigenvalue weighted by molar-refractivity contribution is 6.07. The van der Waals surface area contributed by atoms with Gasteiger partial charge in [0.2, 0.25) is 0 Å². The average Bonchev–Trinajstić information content (AvgIpc) is 2.47. The van der Waals surface area contributed by atoms with Crippen LogP contribution in [-0.4, -0.2) is 22.9 Å². The highest BCUT2D eigenvalue weighted by Crippen LogP contribution is 2.28. The van der Waals surface area contributed by atoms with Gasteiger partial charge in [-0.05, 0) is 50.6 Å². The largest absolute Gasteiger partial charge is 0.333 e. The van der Waals surface area contributed by atoms with Crippen LogP contribution in [0.15, 0.2) is 36.4 Å². The number of likely N-dealkylation sites (tertiary alicyclic amines) is 1. The molecule has 3 rings (SSSR count). The van der Waals surface area contributed by atoms with Gasteiger partial charge in [-0.3, -0.25) is 4.79 Å². The zero-order valence-electron chi connectivity index (χ0n) is 12.5. The van der Waals surface area contributed by atoms with Crippen LogP contribution in [0.1, 0.15) is 43.5 Å². The van der Waals surface area contributed by atoms with E-state index in [-0.39, 0.29) is 23.8 Å². The second-order valence-corrected chi connectivity index (χ2v) is 5.98. The maximum Gasteiger partial charge on any atom is 0.254 e. The van der Waals surface area contributed by atoms with E-state index in [9.17, 15) is 9.18 Å². The number of piperidine rings is 1. The molecule has 2 aromatic rings. The van der Waals surface area contributed by atoms with Crippen LogP contribution in [0.2, 0.25) is 0 Å². The van der Waals surface area contributed by atoms with Crippen LogP contribution >= 0.6 is 0 Å². The van der Waals surface area contributed by atoms with Crippen molar-refractivity contribution in [3.05, 3.63) is 47.8 Å². The standard InChI is InChI=1S/C18H20FNO/c1-12-6-5-7-13(2)20(12)18(21)16-10-11-17(19)15-9-4-3-8-14(15)16/h3-4,8-13H,5-7H2,1-2H3/t12-,13+. The van der Waals surface area contributed by atoms with E-state index in [1.165, 1.54) is 6.07 Å². The summed E-state index contributed by atoms with van der Waals surface area (Å²) >= 11 is 0. The van der Waals surface area contributed by atoms with Crippen molar-refractivity contribution >= 4 is 16.7 Å². The molecule has 1 amide bonds. The monoisotopic (exact) mass is 285 g/mol. The first-order valence-electron chi connectivity index (χ1n) is 7.59. The minimum atomic E-state index is -0.276. The van der Waals surface area contributed by atoms with Crippen molar-refractivity contribution in [2.24, 2.45) is 0 Å². The van der Waals surface area contributed by atoms with Crippen molar-refractivity contribution in [1.82, 2.24) is 4.90 Å². The summed E-state index contributed by atoms with van der Waals surface area (Å²) in [6.07, 6.45) is 3.24. The summed E-state index contributed by atoms with van der Waals surface area (Å²) in [5.74, 6) is -0.257. The van der Waals surface area contributed by atoms with Gasteiger partial charge in [-0.1, -0.05) is 24.3 Å². The third kappa shape index (κ3) is 2.41. The summed E-state index contributed by atoms with van der Waals surface area (Å²) in [5.41, 5.74) is 0.604. The van der Waals surface area contributed by atoms with Crippen molar-refractivity contribution in [3.8, 4) is 0 Å². The predicted molar refractivity (Wildman–Crippen MR) is 82.9 cm³/mol. The number of fused-ring (bicyclic) bond motifs is 1. The molecule has 1 heterocycles. The number of carbonyl (C=O) groups is 1. The van der Waals surface area contributed by atoms with Crippen molar-refractivity contribution in [2.45, 2.75) is 45.2 Å². The molecule has 3 heteroatoms. The highest BCUT2D eigenvalue weighted by Gasteiger charge is 2.30. The molecule has 0 aromatic heterocycles. The summed E-state index contributed by atoms with van der Waals surface area (Å²) in [7, 11) is 0. The lowest BCUT2D eigenvalue weighted by molar-refractivity contribution is 0.0513. The molecule has 0 N–H and O–H groups in total. The first-order valence-corrected chi connectivity index (χ1v) is 7.59. The fourth-order valence-electron chi connectivity index (χ4n) is 3.41. The van der Waals surface area contributed by atoms with Gasteiger partial charge >= 0.3 is 0 Å². The Bertz CT molecular complexity index is 672. The molecule has 1 aliphatic rings. The van der Waals surface area contributed by atoms with Crippen LogP contribution in [0, 0.1) is 5.82 Å². The van der Waals surface area contributed by atoms with Gasteiger partial charge < -0.3 is 4.90 Å². The molecule has 0 radical (unpaired) electrons. The molecule has 0 unspecified atom stereocenters. The zero-order chi connectivity index (χ0) is 15.0. The first kappa shape index (κ1) is 14.1. The van der Waals surface area contributed by atoms with Crippen molar-refractivity contribution in [1.29, 1.82) is 0 Å². The van der Waals surface area contributed by atoms with Crippen molar-refractivity contribution in [2.75, 3.05) is 0 Å². The molecule has 2 aromatic carbocycles. The van der Waals surface area contributed by atoms with Gasteiger partial charge in [-0.15, -0.1) is 0 Å². The number of halogens is 1. The summed E-state index contributed by atoms with van der Waals surface area (Å²) in [6.45, 7) is 4.19. The first-order chi connectivity index (χ1) is 10.1. The Balaban J connectivity index is 2.08. The third-order valence-corrected chi connectivity index (χ3v) is 4.53. The Morgan fingerprint density at radius 3 is 2.33 bits per heavy atom. The number of hydrogen-bond donors (Lipinski definition) is 0. The van der Waals surface area contributed by atoms with Crippen LogP contribution in [0.25, 0.3) is 10.8 Å². The van der Waals surface area contributed by atoms with E-state index in [2.05, 4.69) is 13.8 Å². The fraction of sp³-hybridized carbons (Fsp3) is 0.389. The second-order valence-electron chi connectivity index (χ2n) is 5.98. The lowest BCUT2D eigenvalue weighted by Gasteiger charge is -2.39. The Kier molecular flexibility index (Phi) is 3.66. The SMILES string of the molecule is C[C@@H]1CCC[C@H](C)N1C(=O)c1ccc(F)c2ccccc12. The lowest BCUT2D eigenvalue weighted by atomic mass is 9.95. The van der Waals surface area contributed by atoms with Gasteiger partial charge in [0.15, 0.2) is 0 Å². The fourth-order valence-corrected chi connectivity index (χ4v) is 3.41. The minimum absolute atomic E-state index is 0.0194. The molecule has 1 saturated heterocycles. The molecule has 0 bridgehead atoms. The summed E-state index contributed by atoms with van der Waals surface area (Å²) in [6, 6.07) is 10.7. The molecule has 1 fully saturated rings. The van der Waals surface area contributed by atoms with E-state index < -0.39 is 0 Å². The molecule has 0 aliphatic carbocycles. The van der Waals surface area contributed by atoms with Crippen molar-refractivity contribution in [3.63, 3.8) is 0 Å². The maximum absolute atomic E-state index is 13.9. The van der Waals surface area contributed by atoms with Crippen LogP contribution in [0.3, 0.4) is 0 Å². The number of hydrogen-bond acceptors (Lipinski definition) is 1. The Labute approximate surface area is 124 Å². The molecular formula is C18H20FNO. The van der Waals surface area contributed by atoms with Gasteiger partial charge in [0, 0.05) is 23.0 Å². The molecule has 110 valence electrons. The maximum atomic E-state index is 13.9. The van der Waals surface area contributed by atoms with Gasteiger partial charge in [0.25, 0.3) is 5.91 Å². The Hall–Kier alpha value is -1.90. The van der Waals surface area contributed by atoms with E-state index in [0.717, 1.165) is 19.3 Å². The zero-order valence-corrected chi connectivity index (χ0v) is 12.5. The number of benzene rings is 2. The van der Waals surface area contributed by atoms with E-state index in [0.29, 0.717) is 16.3 Å². The summed E-state index contributed by atoms with van der Waals surface area (Å²) in [4.78, 5) is 14.9. The second kappa shape index (κ2) is 5.47. The number of nitrogens with zero attached hydrogens (tertiary/aromatic N) is 1. The van der Waals surface area contributed by atoms with Gasteiger partial charge in [-0.2, -0.15) is 0 Å². The molecule has 2 atom stereocenters. The van der Waals surface area contributed by atoms with Gasteiger partial charge in [-0.25, -0.2) is 4.39 Å². The number of rotatable bonds is 1. The van der Waals surface area contributed by atoms with E-state index in [1.807, 2.05) is 17.0 Å². The van der Waals surface area contributed by atoms with Crippen LogP contribution in [-0.2, 0) is 0 Å². The molecule has 21 heavy (non-hydrogen) atoms. The highest BCUT2D eigenvalue weighted by atomic mass is 19.1. The quantitative estimate of drug-likeness (QED) is 0.761. The smallest absolute Gasteiger partial charge is 0.254 e. The normalized spacial score (nSPS) is 22.5. The predicted octanol–water partition coefficient (Wildman–Crippen LogP) is 4.38. The van der Waals surface area contributed by atoms with Gasteiger partial charge in [0.05, 0.1) is 0 Å². The van der Waals surface area contributed by atoms with Crippen molar-refractivity contribution < 1.29 is 9.18 Å². The van der Waals surface area contributed by atoms with Crippen LogP contribution in [0.5, 0.6) is 0 Å². The summed E-state index contributed by atoms with van der Waals surface area (Å²) in [5, 5.41) is 1.22. The van der Waals surface area contributed by atoms with E-state index >= 15 is 0 Å². The molecule has 0 saturated carbocycles. The molecule has 0 spiro atoms. The average molecular weight is 285 g/mol. The van der Waals surface area contributed by atoms with E-state index in [1.54, 1.807) is 18.2 Å². The number of amides is 1. The Morgan fingerprint density at radius 2 is 1.67 bits per heavy atom. The lowest BCUT2D eigenvalue weighted by Crippen LogP contribution is -2.47. The molecule has 1 aliphatic heterocycles. The summed E-state index contributed by atoms with van der Waals surface area (Å²) < 4.78 is 13.9. The van der Waals surface area contributed by atoms with Crippen LogP contribution in [0.4, 0.5) is 4.39 Å².